The van der Waals surface area contributed by atoms with Crippen molar-refractivity contribution in [1.82, 2.24) is 15.2 Å². The van der Waals surface area contributed by atoms with Crippen molar-refractivity contribution < 1.29 is 4.79 Å². The van der Waals surface area contributed by atoms with Crippen LogP contribution in [0.1, 0.15) is 0 Å². The number of halogens is 1. The summed E-state index contributed by atoms with van der Waals surface area (Å²) in [4.78, 5) is 19.2. The van der Waals surface area contributed by atoms with Crippen molar-refractivity contribution in [3.8, 4) is 11.4 Å². The largest absolute Gasteiger partial charge is 0.280 e. The number of nitrogens with one attached hydrogen (secondary N) is 1. The number of aromatic nitrogens is 3. The summed E-state index contributed by atoms with van der Waals surface area (Å²) in [5.74, 6) is 0.798. The Morgan fingerprint density at radius 2 is 1.48 bits per heavy atom. The minimum Gasteiger partial charge on any atom is -0.280 e. The van der Waals surface area contributed by atoms with Crippen LogP contribution in [0.5, 0.6) is 0 Å². The van der Waals surface area contributed by atoms with Crippen LogP contribution in [0.25, 0.3) is 11.4 Å². The molecule has 1 N–H and O–H groups in total. The second kappa shape index (κ2) is 8.94. The summed E-state index contributed by atoms with van der Waals surface area (Å²) in [7, 11) is 0. The molecule has 0 aliphatic rings. The van der Waals surface area contributed by atoms with E-state index in [0.29, 0.717) is 16.0 Å². The Balaban J connectivity index is 1.49. The van der Waals surface area contributed by atoms with E-state index >= 15 is 0 Å². The van der Waals surface area contributed by atoms with E-state index in [1.165, 1.54) is 11.8 Å². The van der Waals surface area contributed by atoms with Crippen molar-refractivity contribution in [2.75, 3.05) is 10.7 Å². The fourth-order valence-electron chi connectivity index (χ4n) is 2.83. The van der Waals surface area contributed by atoms with Crippen LogP contribution in [-0.2, 0) is 4.79 Å². The summed E-state index contributed by atoms with van der Waals surface area (Å²) in [6.07, 6.45) is 0. The molecule has 3 aromatic carbocycles. The van der Waals surface area contributed by atoms with Gasteiger partial charge in [-0.05, 0) is 48.5 Å². The zero-order chi connectivity index (χ0) is 20.1. The van der Waals surface area contributed by atoms with E-state index in [9.17, 15) is 4.79 Å². The Hall–Kier alpha value is -3.09. The van der Waals surface area contributed by atoms with E-state index in [-0.39, 0.29) is 11.7 Å². The summed E-state index contributed by atoms with van der Waals surface area (Å²) in [6, 6.07) is 26.5. The van der Waals surface area contributed by atoms with Gasteiger partial charge in [0.2, 0.25) is 11.1 Å². The molecule has 0 aliphatic heterocycles. The lowest BCUT2D eigenvalue weighted by atomic mass is 10.2. The number of hydrogen-bond donors (Lipinski definition) is 1. The minimum atomic E-state index is -0.0507. The number of para-hydroxylation sites is 2. The summed E-state index contributed by atoms with van der Waals surface area (Å²) >= 11 is 7.22. The molecule has 7 heteroatoms. The van der Waals surface area contributed by atoms with Crippen molar-refractivity contribution in [3.05, 3.63) is 90.0 Å². The highest BCUT2D eigenvalue weighted by atomic mass is 35.5. The standard InChI is InChI=1S/C22H17ClN4OS/c23-17-13-11-16(12-14-17)21-24-22(26-25-21)29-15-20(28)27(18-7-3-1-4-8-18)19-9-5-2-6-10-19/h1-14H,15H2,(H,24,25,26). The van der Waals surface area contributed by atoms with Crippen LogP contribution >= 0.6 is 23.4 Å². The number of anilines is 2. The topological polar surface area (TPSA) is 61.9 Å². The molecule has 0 atom stereocenters. The van der Waals surface area contributed by atoms with Crippen LogP contribution in [0.3, 0.4) is 0 Å². The van der Waals surface area contributed by atoms with E-state index in [1.807, 2.05) is 72.8 Å². The second-order valence-corrected chi connectivity index (χ2v) is 7.54. The van der Waals surface area contributed by atoms with Gasteiger partial charge in [-0.2, -0.15) is 0 Å². The molecule has 0 aliphatic carbocycles. The molecule has 5 nitrogen and oxygen atoms in total. The number of nitrogens with zero attached hydrogens (tertiary/aromatic N) is 3. The summed E-state index contributed by atoms with van der Waals surface area (Å²) < 4.78 is 0. The van der Waals surface area contributed by atoms with Gasteiger partial charge in [0.25, 0.3) is 0 Å². The Kier molecular flexibility index (Phi) is 5.93. The molecule has 4 rings (SSSR count). The third kappa shape index (κ3) is 4.67. The molecule has 29 heavy (non-hydrogen) atoms. The van der Waals surface area contributed by atoms with Crippen LogP contribution in [0.4, 0.5) is 11.4 Å². The lowest BCUT2D eigenvalue weighted by Crippen LogP contribution is -2.27. The normalized spacial score (nSPS) is 10.7. The molecule has 1 amide bonds. The maximum absolute atomic E-state index is 13.1. The molecular weight excluding hydrogens is 404 g/mol. The minimum absolute atomic E-state index is 0.0507. The van der Waals surface area contributed by atoms with Gasteiger partial charge < -0.3 is 0 Å². The smallest absolute Gasteiger partial charge is 0.242 e. The molecule has 0 unspecified atom stereocenters. The molecule has 0 saturated heterocycles. The Morgan fingerprint density at radius 1 is 0.897 bits per heavy atom. The fourth-order valence-corrected chi connectivity index (χ4v) is 3.60. The quantitative estimate of drug-likeness (QED) is 0.413. The van der Waals surface area contributed by atoms with Crippen molar-refractivity contribution in [3.63, 3.8) is 0 Å². The molecule has 0 saturated carbocycles. The van der Waals surface area contributed by atoms with Gasteiger partial charge >= 0.3 is 0 Å². The Morgan fingerprint density at radius 3 is 2.07 bits per heavy atom. The molecule has 0 bridgehead atoms. The van der Waals surface area contributed by atoms with Crippen molar-refractivity contribution in [2.24, 2.45) is 0 Å². The fraction of sp³-hybridized carbons (Fsp3) is 0.0455. The molecule has 144 valence electrons. The lowest BCUT2D eigenvalue weighted by Gasteiger charge is -2.22. The molecule has 1 aromatic heterocycles. The van der Waals surface area contributed by atoms with Gasteiger partial charge in [0, 0.05) is 22.0 Å². The maximum atomic E-state index is 13.1. The second-order valence-electron chi connectivity index (χ2n) is 6.16. The van der Waals surface area contributed by atoms with Crippen LogP contribution in [0.15, 0.2) is 90.1 Å². The van der Waals surface area contributed by atoms with Gasteiger partial charge in [-0.1, -0.05) is 59.8 Å². The summed E-state index contributed by atoms with van der Waals surface area (Å²) in [5, 5.41) is 8.30. The number of hydrogen-bond acceptors (Lipinski definition) is 4. The van der Waals surface area contributed by atoms with Gasteiger partial charge in [0.05, 0.1) is 5.75 Å². The predicted molar refractivity (Wildman–Crippen MR) is 118 cm³/mol. The zero-order valence-corrected chi connectivity index (χ0v) is 16.9. The highest BCUT2D eigenvalue weighted by molar-refractivity contribution is 7.99. The number of amides is 1. The molecule has 0 spiro atoms. The predicted octanol–water partition coefficient (Wildman–Crippen LogP) is 5.58. The zero-order valence-electron chi connectivity index (χ0n) is 15.3. The first-order chi connectivity index (χ1) is 14.2. The summed E-state index contributed by atoms with van der Waals surface area (Å²) in [6.45, 7) is 0. The van der Waals surface area contributed by atoms with Crippen molar-refractivity contribution >= 4 is 40.6 Å². The third-order valence-electron chi connectivity index (χ3n) is 4.19. The van der Waals surface area contributed by atoms with Crippen molar-refractivity contribution in [2.45, 2.75) is 5.16 Å². The summed E-state index contributed by atoms with van der Waals surface area (Å²) in [5.41, 5.74) is 2.53. The van der Waals surface area contributed by atoms with Crippen LogP contribution < -0.4 is 4.90 Å². The van der Waals surface area contributed by atoms with Gasteiger partial charge in [-0.25, -0.2) is 4.98 Å². The SMILES string of the molecule is O=C(CSc1n[nH]c(-c2ccc(Cl)cc2)n1)N(c1ccccc1)c1ccccc1. The van der Waals surface area contributed by atoms with E-state index in [1.54, 1.807) is 17.0 Å². The first-order valence-corrected chi connectivity index (χ1v) is 10.3. The van der Waals surface area contributed by atoms with Gasteiger partial charge in [-0.3, -0.25) is 14.8 Å². The number of rotatable bonds is 6. The highest BCUT2D eigenvalue weighted by Crippen LogP contribution is 2.27. The number of benzene rings is 3. The van der Waals surface area contributed by atoms with Gasteiger partial charge in [0.15, 0.2) is 5.82 Å². The van der Waals surface area contributed by atoms with E-state index < -0.39 is 0 Å². The van der Waals surface area contributed by atoms with Crippen LogP contribution in [-0.4, -0.2) is 26.8 Å². The van der Waals surface area contributed by atoms with E-state index in [2.05, 4.69) is 15.2 Å². The molecule has 1 heterocycles. The number of carbonyl (C=O) groups excluding carboxylic acids is 1. The van der Waals surface area contributed by atoms with Gasteiger partial charge in [-0.15, -0.1) is 5.10 Å². The molecular formula is C22H17ClN4OS. The number of H-pyrrole nitrogens is 1. The number of carbonyl (C=O) groups is 1. The first-order valence-electron chi connectivity index (χ1n) is 8.95. The average Bonchev–Trinajstić information content (AvgIpc) is 3.24. The Labute approximate surface area is 177 Å². The monoisotopic (exact) mass is 420 g/mol. The third-order valence-corrected chi connectivity index (χ3v) is 5.27. The van der Waals surface area contributed by atoms with Crippen LogP contribution in [0, 0.1) is 0 Å². The van der Waals surface area contributed by atoms with Crippen LogP contribution in [0.2, 0.25) is 5.02 Å². The Bertz CT molecular complexity index is 1050. The number of thioether (sulfide) groups is 1. The van der Waals surface area contributed by atoms with Crippen molar-refractivity contribution in [1.29, 1.82) is 0 Å². The lowest BCUT2D eigenvalue weighted by molar-refractivity contribution is -0.115. The molecule has 0 fully saturated rings. The van der Waals surface area contributed by atoms with E-state index in [4.69, 9.17) is 11.6 Å². The van der Waals surface area contributed by atoms with E-state index in [0.717, 1.165) is 16.9 Å². The average molecular weight is 421 g/mol. The van der Waals surface area contributed by atoms with Gasteiger partial charge in [0.1, 0.15) is 0 Å². The molecule has 4 aromatic rings. The maximum Gasteiger partial charge on any atom is 0.242 e. The number of aromatic amines is 1. The molecule has 0 radical (unpaired) electrons. The highest BCUT2D eigenvalue weighted by Gasteiger charge is 2.19. The first kappa shape index (κ1) is 19.2.